The van der Waals surface area contributed by atoms with Crippen LogP contribution in [0.3, 0.4) is 0 Å². The molecule has 0 spiro atoms. The maximum Gasteiger partial charge on any atom is 0.246 e. The first-order chi connectivity index (χ1) is 10.8. The fourth-order valence-electron chi connectivity index (χ4n) is 2.64. The Kier molecular flexibility index (Phi) is 4.95. The molecule has 1 heterocycles. The number of piperazine rings is 1. The van der Waals surface area contributed by atoms with Crippen LogP contribution in [0.5, 0.6) is 0 Å². The molecule has 3 rings (SSSR count). The summed E-state index contributed by atoms with van der Waals surface area (Å²) in [5.41, 5.74) is 0. The third-order valence-electron chi connectivity index (χ3n) is 4.04. The number of amides is 1. The normalized spacial score (nSPS) is 19.9. The van der Waals surface area contributed by atoms with Gasteiger partial charge in [0.15, 0.2) is 0 Å². The molecule has 0 unspecified atom stereocenters. The van der Waals surface area contributed by atoms with Gasteiger partial charge in [-0.2, -0.15) is 4.31 Å². The Morgan fingerprint density at radius 2 is 1.61 bits per heavy atom. The highest BCUT2D eigenvalue weighted by Gasteiger charge is 2.37. The van der Waals surface area contributed by atoms with Gasteiger partial charge in [-0.05, 0) is 25.0 Å². The number of carbonyl (C=O) groups is 1. The molecule has 1 aliphatic carbocycles. The second-order valence-corrected chi connectivity index (χ2v) is 9.31. The van der Waals surface area contributed by atoms with Gasteiger partial charge >= 0.3 is 0 Å². The number of hydrogen-bond donors (Lipinski definition) is 0. The summed E-state index contributed by atoms with van der Waals surface area (Å²) in [7, 11) is -3.78. The quantitative estimate of drug-likeness (QED) is 0.724. The van der Waals surface area contributed by atoms with Crippen molar-refractivity contribution in [3.8, 4) is 0 Å². The summed E-state index contributed by atoms with van der Waals surface area (Å²) in [5, 5.41) is 0.168. The monoisotopic (exact) mass is 440 g/mol. The average molecular weight is 442 g/mol. The van der Waals surface area contributed by atoms with E-state index in [0.717, 1.165) is 12.8 Å². The van der Waals surface area contributed by atoms with Crippen molar-refractivity contribution in [2.75, 3.05) is 26.2 Å². The highest BCUT2D eigenvalue weighted by atomic mass is 79.9. The number of benzene rings is 1. The van der Waals surface area contributed by atoms with Gasteiger partial charge in [-0.15, -0.1) is 0 Å². The summed E-state index contributed by atoms with van der Waals surface area (Å²) in [4.78, 5) is 13.7. The molecule has 1 saturated heterocycles. The van der Waals surface area contributed by atoms with E-state index < -0.39 is 10.0 Å². The van der Waals surface area contributed by atoms with E-state index in [2.05, 4.69) is 15.9 Å². The maximum atomic E-state index is 12.8. The third-order valence-corrected chi connectivity index (χ3v) is 7.32. The predicted octanol–water partition coefficient (Wildman–Crippen LogP) is 3.00. The van der Waals surface area contributed by atoms with Gasteiger partial charge < -0.3 is 4.90 Å². The van der Waals surface area contributed by atoms with E-state index >= 15 is 0 Å². The lowest BCUT2D eigenvalue weighted by molar-refractivity contribution is -0.133. The molecule has 0 atom stereocenters. The van der Waals surface area contributed by atoms with Gasteiger partial charge in [-0.3, -0.25) is 4.79 Å². The lowest BCUT2D eigenvalue weighted by Gasteiger charge is -2.34. The summed E-state index contributed by atoms with van der Waals surface area (Å²) in [6.07, 6.45) is 1.89. The number of carbonyl (C=O) groups excluding carboxylic acids is 1. The van der Waals surface area contributed by atoms with E-state index in [1.807, 2.05) is 0 Å². The van der Waals surface area contributed by atoms with Crippen LogP contribution in [-0.2, 0) is 14.8 Å². The zero-order valence-electron chi connectivity index (χ0n) is 12.1. The molecule has 2 fully saturated rings. The Morgan fingerprint density at radius 1 is 1.09 bits per heavy atom. The summed E-state index contributed by atoms with van der Waals surface area (Å²) in [6.45, 7) is 1.31. The molecule has 0 N–H and O–H groups in total. The SMILES string of the molecule is O=C(C1CC1)N1CCN(S(=O)(=O)c2c(Cl)cc(Br)cc2Cl)CC1. The van der Waals surface area contributed by atoms with Crippen LogP contribution in [0.1, 0.15) is 12.8 Å². The maximum absolute atomic E-state index is 12.8. The van der Waals surface area contributed by atoms with E-state index in [0.29, 0.717) is 17.6 Å². The van der Waals surface area contributed by atoms with E-state index in [4.69, 9.17) is 23.2 Å². The minimum absolute atomic E-state index is 0.0778. The molecular formula is C14H15BrCl2N2O3S. The largest absolute Gasteiger partial charge is 0.340 e. The molecule has 1 aromatic rings. The second kappa shape index (κ2) is 6.52. The van der Waals surface area contributed by atoms with Crippen LogP contribution in [0.4, 0.5) is 0 Å². The number of halogens is 3. The van der Waals surface area contributed by atoms with Gasteiger partial charge in [0.25, 0.3) is 0 Å². The number of hydrogen-bond acceptors (Lipinski definition) is 3. The van der Waals surface area contributed by atoms with Crippen LogP contribution in [0.15, 0.2) is 21.5 Å². The molecule has 0 bridgehead atoms. The van der Waals surface area contributed by atoms with Crippen LogP contribution in [0, 0.1) is 5.92 Å². The average Bonchev–Trinajstić information content (AvgIpc) is 3.29. The van der Waals surface area contributed by atoms with Crippen molar-refractivity contribution >= 4 is 55.1 Å². The fraction of sp³-hybridized carbons (Fsp3) is 0.500. The molecule has 126 valence electrons. The summed E-state index contributed by atoms with van der Waals surface area (Å²) < 4.78 is 27.6. The molecule has 2 aliphatic rings. The lowest BCUT2D eigenvalue weighted by Crippen LogP contribution is -2.51. The van der Waals surface area contributed by atoms with Gasteiger partial charge in [0.1, 0.15) is 4.90 Å². The van der Waals surface area contributed by atoms with E-state index in [1.54, 1.807) is 4.90 Å². The molecule has 1 saturated carbocycles. The summed E-state index contributed by atoms with van der Waals surface area (Å²) >= 11 is 15.4. The van der Waals surface area contributed by atoms with Crippen molar-refractivity contribution in [1.82, 2.24) is 9.21 Å². The molecule has 23 heavy (non-hydrogen) atoms. The molecule has 9 heteroatoms. The Morgan fingerprint density at radius 3 is 2.09 bits per heavy atom. The number of sulfonamides is 1. The van der Waals surface area contributed by atoms with Crippen LogP contribution in [-0.4, -0.2) is 49.7 Å². The molecule has 1 aliphatic heterocycles. The van der Waals surface area contributed by atoms with Gasteiger partial charge in [0.2, 0.25) is 15.9 Å². The van der Waals surface area contributed by atoms with Gasteiger partial charge in [0.05, 0.1) is 10.0 Å². The third kappa shape index (κ3) is 3.54. The van der Waals surface area contributed by atoms with Crippen molar-refractivity contribution in [1.29, 1.82) is 0 Å². The Bertz CT molecular complexity index is 721. The Balaban J connectivity index is 1.78. The number of nitrogens with zero attached hydrogens (tertiary/aromatic N) is 2. The molecule has 0 aromatic heterocycles. The van der Waals surface area contributed by atoms with E-state index in [-0.39, 0.29) is 39.9 Å². The van der Waals surface area contributed by atoms with Crippen molar-refractivity contribution < 1.29 is 13.2 Å². The van der Waals surface area contributed by atoms with E-state index in [9.17, 15) is 13.2 Å². The Hall–Kier alpha value is -0.340. The van der Waals surface area contributed by atoms with Gasteiger partial charge in [-0.25, -0.2) is 8.42 Å². The van der Waals surface area contributed by atoms with Crippen LogP contribution in [0.2, 0.25) is 10.0 Å². The Labute approximate surface area is 153 Å². The first-order valence-electron chi connectivity index (χ1n) is 7.24. The molecule has 0 radical (unpaired) electrons. The molecule has 5 nitrogen and oxygen atoms in total. The minimum atomic E-state index is -3.78. The highest BCUT2D eigenvalue weighted by molar-refractivity contribution is 9.10. The minimum Gasteiger partial charge on any atom is -0.340 e. The van der Waals surface area contributed by atoms with Gasteiger partial charge in [-0.1, -0.05) is 39.1 Å². The molecule has 1 amide bonds. The zero-order chi connectivity index (χ0) is 16.8. The second-order valence-electron chi connectivity index (χ2n) is 5.70. The molecule has 1 aromatic carbocycles. The molecular weight excluding hydrogens is 427 g/mol. The summed E-state index contributed by atoms with van der Waals surface area (Å²) in [6, 6.07) is 3.01. The predicted molar refractivity (Wildman–Crippen MR) is 92.2 cm³/mol. The summed E-state index contributed by atoms with van der Waals surface area (Å²) in [5.74, 6) is 0.287. The van der Waals surface area contributed by atoms with Crippen molar-refractivity contribution in [2.24, 2.45) is 5.92 Å². The van der Waals surface area contributed by atoms with Crippen LogP contribution < -0.4 is 0 Å². The highest BCUT2D eigenvalue weighted by Crippen LogP contribution is 2.35. The van der Waals surface area contributed by atoms with Crippen molar-refractivity contribution in [3.63, 3.8) is 0 Å². The van der Waals surface area contributed by atoms with Crippen molar-refractivity contribution in [2.45, 2.75) is 17.7 Å². The number of rotatable bonds is 3. The zero-order valence-corrected chi connectivity index (χ0v) is 16.1. The first-order valence-corrected chi connectivity index (χ1v) is 10.2. The standard InChI is InChI=1S/C14H15BrCl2N2O3S/c15-10-7-11(16)13(12(17)8-10)23(21,22)19-5-3-18(4-6-19)14(20)9-1-2-9/h7-9H,1-6H2. The smallest absolute Gasteiger partial charge is 0.246 e. The fourth-order valence-corrected chi connectivity index (χ4v) is 5.95. The van der Waals surface area contributed by atoms with Crippen molar-refractivity contribution in [3.05, 3.63) is 26.7 Å². The topological polar surface area (TPSA) is 57.7 Å². The van der Waals surface area contributed by atoms with Gasteiger partial charge in [0, 0.05) is 36.6 Å². The first kappa shape index (κ1) is 17.5. The van der Waals surface area contributed by atoms with Crippen LogP contribution in [0.25, 0.3) is 0 Å². The van der Waals surface area contributed by atoms with Crippen LogP contribution >= 0.6 is 39.1 Å². The lowest BCUT2D eigenvalue weighted by atomic mass is 10.3. The van der Waals surface area contributed by atoms with E-state index in [1.165, 1.54) is 16.4 Å².